The van der Waals surface area contributed by atoms with E-state index in [1.54, 1.807) is 21.5 Å². The molecule has 1 atom stereocenters. The quantitative estimate of drug-likeness (QED) is 0.655. The van der Waals surface area contributed by atoms with Gasteiger partial charge < -0.3 is 9.64 Å². The molecule has 3 heterocycles. The van der Waals surface area contributed by atoms with Crippen LogP contribution in [0.1, 0.15) is 17.7 Å². The fourth-order valence-corrected chi connectivity index (χ4v) is 3.58. The first kappa shape index (κ1) is 19.0. The average molecular weight is 398 g/mol. The number of carbonyl (C=O) groups is 1. The topological polar surface area (TPSA) is 59.7 Å². The van der Waals surface area contributed by atoms with E-state index in [0.717, 1.165) is 17.2 Å². The van der Waals surface area contributed by atoms with Crippen LogP contribution in [0.3, 0.4) is 0 Å². The van der Waals surface area contributed by atoms with Crippen molar-refractivity contribution in [2.75, 3.05) is 13.7 Å². The summed E-state index contributed by atoms with van der Waals surface area (Å²) in [7, 11) is 1.53. The molecule has 1 aliphatic rings. The predicted molar refractivity (Wildman–Crippen MR) is 104 cm³/mol. The van der Waals surface area contributed by atoms with Crippen LogP contribution in [0.4, 0.5) is 8.78 Å². The molecule has 1 unspecified atom stereocenters. The largest absolute Gasteiger partial charge is 0.480 e. The highest BCUT2D eigenvalue weighted by Crippen LogP contribution is 2.29. The fourth-order valence-electron chi connectivity index (χ4n) is 3.58. The van der Waals surface area contributed by atoms with Crippen molar-refractivity contribution in [1.82, 2.24) is 19.5 Å². The van der Waals surface area contributed by atoms with Crippen LogP contribution in [0.15, 0.2) is 48.6 Å². The number of halogens is 2. The van der Waals surface area contributed by atoms with E-state index in [1.165, 1.54) is 7.11 Å². The normalized spacial score (nSPS) is 16.5. The van der Waals surface area contributed by atoms with Crippen LogP contribution in [0.25, 0.3) is 16.9 Å². The standard InChI is InChI=1S/C21H20F2N4O2/c1-13-3-5-15(6-4-13)21-16(27-18(24-21)7-8-19(25-27)29-2)12-26-11-14(9-17(22)23)10-20(26)28/h3-9,14H,10-12H2,1-2H3. The number of fused-ring (bicyclic) bond motifs is 1. The lowest BCUT2D eigenvalue weighted by Crippen LogP contribution is -2.25. The third-order valence-corrected chi connectivity index (χ3v) is 5.03. The molecule has 0 radical (unpaired) electrons. The number of likely N-dealkylation sites (tertiary alicyclic amines) is 1. The second kappa shape index (κ2) is 7.62. The summed E-state index contributed by atoms with van der Waals surface area (Å²) >= 11 is 0. The van der Waals surface area contributed by atoms with Gasteiger partial charge in [0.15, 0.2) is 5.65 Å². The maximum absolute atomic E-state index is 12.6. The van der Waals surface area contributed by atoms with Crippen molar-refractivity contribution < 1.29 is 18.3 Å². The number of aryl methyl sites for hydroxylation is 1. The average Bonchev–Trinajstić information content (AvgIpc) is 3.22. The third kappa shape index (κ3) is 3.83. The number of hydrogen-bond donors (Lipinski definition) is 0. The first-order chi connectivity index (χ1) is 13.9. The number of imidazole rings is 1. The molecule has 150 valence electrons. The second-order valence-corrected chi connectivity index (χ2v) is 7.11. The molecule has 0 saturated carbocycles. The summed E-state index contributed by atoms with van der Waals surface area (Å²) in [5.74, 6) is -0.239. The van der Waals surface area contributed by atoms with Crippen molar-refractivity contribution >= 4 is 11.6 Å². The van der Waals surface area contributed by atoms with E-state index in [9.17, 15) is 13.6 Å². The van der Waals surface area contributed by atoms with E-state index in [1.807, 2.05) is 31.2 Å². The van der Waals surface area contributed by atoms with Crippen molar-refractivity contribution in [3.8, 4) is 17.1 Å². The maximum Gasteiger partial charge on any atom is 0.266 e. The van der Waals surface area contributed by atoms with E-state index in [0.29, 0.717) is 22.9 Å². The number of rotatable bonds is 5. The molecule has 6 nitrogen and oxygen atoms in total. The minimum atomic E-state index is -1.76. The van der Waals surface area contributed by atoms with E-state index in [4.69, 9.17) is 9.72 Å². The highest BCUT2D eigenvalue weighted by Gasteiger charge is 2.31. The summed E-state index contributed by atoms with van der Waals surface area (Å²) in [5.41, 5.74) is 4.05. The van der Waals surface area contributed by atoms with E-state index >= 15 is 0 Å². The molecule has 0 aliphatic carbocycles. The number of ether oxygens (including phenoxy) is 1. The van der Waals surface area contributed by atoms with Gasteiger partial charge in [0.2, 0.25) is 11.8 Å². The van der Waals surface area contributed by atoms with Gasteiger partial charge in [0.1, 0.15) is 0 Å². The Labute approximate surface area is 166 Å². The number of aromatic nitrogens is 3. The maximum atomic E-state index is 12.6. The van der Waals surface area contributed by atoms with Gasteiger partial charge in [0.05, 0.1) is 25.0 Å². The summed E-state index contributed by atoms with van der Waals surface area (Å²) in [5, 5.41) is 4.45. The van der Waals surface area contributed by atoms with Gasteiger partial charge in [-0.05, 0) is 19.1 Å². The van der Waals surface area contributed by atoms with Crippen LogP contribution in [-0.2, 0) is 11.3 Å². The van der Waals surface area contributed by atoms with Gasteiger partial charge in [0, 0.05) is 30.5 Å². The molecule has 0 bridgehead atoms. The number of methoxy groups -OCH3 is 1. The first-order valence-corrected chi connectivity index (χ1v) is 9.25. The molecule has 2 aromatic heterocycles. The highest BCUT2D eigenvalue weighted by molar-refractivity contribution is 5.79. The minimum absolute atomic E-state index is 0.0741. The van der Waals surface area contributed by atoms with Gasteiger partial charge in [-0.3, -0.25) is 4.79 Å². The van der Waals surface area contributed by atoms with Gasteiger partial charge in [0.25, 0.3) is 6.08 Å². The zero-order valence-corrected chi connectivity index (χ0v) is 16.1. The molecule has 1 fully saturated rings. The molecule has 0 N–H and O–H groups in total. The summed E-state index contributed by atoms with van der Waals surface area (Å²) in [6, 6.07) is 11.4. The van der Waals surface area contributed by atoms with E-state index in [2.05, 4.69) is 5.10 Å². The van der Waals surface area contributed by atoms with Gasteiger partial charge in [-0.15, -0.1) is 5.10 Å². The Hall–Kier alpha value is -3.29. The third-order valence-electron chi connectivity index (χ3n) is 5.03. The SMILES string of the molecule is COc1ccc2nc(-c3ccc(C)cc3)c(CN3CC(C=C(F)F)CC3=O)n2n1. The van der Waals surface area contributed by atoms with Gasteiger partial charge in [-0.25, -0.2) is 9.50 Å². The Balaban J connectivity index is 1.77. The predicted octanol–water partition coefficient (Wildman–Crippen LogP) is 3.84. The highest BCUT2D eigenvalue weighted by atomic mass is 19.3. The van der Waals surface area contributed by atoms with Gasteiger partial charge in [-0.2, -0.15) is 8.78 Å². The monoisotopic (exact) mass is 398 g/mol. The lowest BCUT2D eigenvalue weighted by molar-refractivity contribution is -0.128. The minimum Gasteiger partial charge on any atom is -0.480 e. The van der Waals surface area contributed by atoms with Crippen LogP contribution in [0, 0.1) is 12.8 Å². The Kier molecular flexibility index (Phi) is 5.00. The van der Waals surface area contributed by atoms with Gasteiger partial charge in [-0.1, -0.05) is 29.8 Å². The van der Waals surface area contributed by atoms with Crippen molar-refractivity contribution in [2.45, 2.75) is 19.9 Å². The number of carbonyl (C=O) groups excluding carboxylic acids is 1. The van der Waals surface area contributed by atoms with E-state index < -0.39 is 12.0 Å². The molecule has 3 aromatic rings. The Morgan fingerprint density at radius 1 is 1.24 bits per heavy atom. The lowest BCUT2D eigenvalue weighted by Gasteiger charge is -2.16. The summed E-state index contributed by atoms with van der Waals surface area (Å²) in [6.07, 6.45) is -0.828. The van der Waals surface area contributed by atoms with Crippen LogP contribution < -0.4 is 4.74 Å². The summed E-state index contributed by atoms with van der Waals surface area (Å²) < 4.78 is 32.1. The second-order valence-electron chi connectivity index (χ2n) is 7.11. The van der Waals surface area contributed by atoms with Crippen LogP contribution in [0.2, 0.25) is 0 Å². The fraction of sp³-hybridized carbons (Fsp3) is 0.286. The number of nitrogens with zero attached hydrogens (tertiary/aromatic N) is 4. The van der Waals surface area contributed by atoms with Crippen LogP contribution >= 0.6 is 0 Å². The molecule has 1 saturated heterocycles. The molecule has 1 amide bonds. The molecule has 1 aliphatic heterocycles. The Morgan fingerprint density at radius 2 is 2.00 bits per heavy atom. The molecular weight excluding hydrogens is 378 g/mol. The Bertz CT molecular complexity index is 1090. The summed E-state index contributed by atoms with van der Waals surface area (Å²) in [4.78, 5) is 18.7. The first-order valence-electron chi connectivity index (χ1n) is 9.25. The molecule has 4 rings (SSSR count). The molecule has 1 aromatic carbocycles. The molecule has 8 heteroatoms. The van der Waals surface area contributed by atoms with Crippen LogP contribution in [-0.4, -0.2) is 39.1 Å². The van der Waals surface area contributed by atoms with Crippen LogP contribution in [0.5, 0.6) is 5.88 Å². The summed E-state index contributed by atoms with van der Waals surface area (Å²) in [6.45, 7) is 2.46. The Morgan fingerprint density at radius 3 is 2.69 bits per heavy atom. The molecular formula is C21H20F2N4O2. The van der Waals surface area contributed by atoms with Crippen molar-refractivity contribution in [3.05, 3.63) is 59.8 Å². The smallest absolute Gasteiger partial charge is 0.266 e. The van der Waals surface area contributed by atoms with Gasteiger partial charge >= 0.3 is 0 Å². The zero-order chi connectivity index (χ0) is 20.5. The number of hydrogen-bond acceptors (Lipinski definition) is 4. The lowest BCUT2D eigenvalue weighted by atomic mass is 10.1. The van der Waals surface area contributed by atoms with Crippen molar-refractivity contribution in [2.24, 2.45) is 5.92 Å². The van der Waals surface area contributed by atoms with Crippen molar-refractivity contribution in [1.29, 1.82) is 0 Å². The van der Waals surface area contributed by atoms with E-state index in [-0.39, 0.29) is 25.4 Å². The molecule has 29 heavy (non-hydrogen) atoms. The van der Waals surface area contributed by atoms with Crippen molar-refractivity contribution in [3.63, 3.8) is 0 Å². The number of benzene rings is 1. The number of amides is 1. The zero-order valence-electron chi connectivity index (χ0n) is 16.1. The molecule has 0 spiro atoms.